The van der Waals surface area contributed by atoms with E-state index in [1.54, 1.807) is 24.2 Å². The molecule has 0 spiro atoms. The molecule has 1 aliphatic heterocycles. The molecule has 0 unspecified atom stereocenters. The van der Waals surface area contributed by atoms with Crippen LogP contribution in [0.3, 0.4) is 0 Å². The molecule has 1 aromatic carbocycles. The average Bonchev–Trinajstić information content (AvgIpc) is 3.45. The minimum atomic E-state index is -0.584. The highest BCUT2D eigenvalue weighted by molar-refractivity contribution is 6.00. The Hall–Kier alpha value is -4.08. The molecule has 4 rings (SSSR count). The maximum Gasteiger partial charge on any atom is 0.407 e. The number of carbonyl (C=O) groups excluding carboxylic acids is 2. The third kappa shape index (κ3) is 6.16. The van der Waals surface area contributed by atoms with Crippen LogP contribution in [0.4, 0.5) is 4.79 Å². The summed E-state index contributed by atoms with van der Waals surface area (Å²) >= 11 is 0. The lowest BCUT2D eigenvalue weighted by molar-refractivity contribution is 0.0452. The summed E-state index contributed by atoms with van der Waals surface area (Å²) in [6, 6.07) is 5.41. The first kappa shape index (κ1) is 27.9. The normalized spacial score (nSPS) is 16.1. The number of aryl methyl sites for hydroxylation is 2. The van der Waals surface area contributed by atoms with Crippen LogP contribution < -0.4 is 10.1 Å². The molecule has 1 atom stereocenters. The van der Waals surface area contributed by atoms with Crippen LogP contribution in [0.1, 0.15) is 62.3 Å². The largest absolute Gasteiger partial charge is 0.494 e. The van der Waals surface area contributed by atoms with E-state index < -0.39 is 11.7 Å². The Morgan fingerprint density at radius 2 is 2.05 bits per heavy atom. The van der Waals surface area contributed by atoms with Crippen molar-refractivity contribution < 1.29 is 19.1 Å². The number of methoxy groups -OCH3 is 1. The van der Waals surface area contributed by atoms with Gasteiger partial charge in [-0.3, -0.25) is 4.79 Å². The van der Waals surface area contributed by atoms with Crippen molar-refractivity contribution in [3.8, 4) is 17.1 Å². The zero-order chi connectivity index (χ0) is 28.3. The fraction of sp³-hybridized carbons (Fsp3) is 0.448. The Bertz CT molecular complexity index is 1410. The van der Waals surface area contributed by atoms with Gasteiger partial charge in [-0.05, 0) is 70.4 Å². The number of allylic oxidation sites excluding steroid dienone is 1. The summed E-state index contributed by atoms with van der Waals surface area (Å²) in [5, 5.41) is 10.2. The van der Waals surface area contributed by atoms with E-state index in [-0.39, 0.29) is 11.9 Å². The molecule has 0 bridgehead atoms. The van der Waals surface area contributed by atoms with Crippen molar-refractivity contribution in [1.29, 1.82) is 5.41 Å². The molecule has 3 N–H and O–H groups in total. The maximum atomic E-state index is 13.6. The number of rotatable bonds is 7. The van der Waals surface area contributed by atoms with Crippen molar-refractivity contribution in [2.24, 2.45) is 7.05 Å². The van der Waals surface area contributed by atoms with Crippen LogP contribution in [0.5, 0.6) is 5.75 Å². The number of aromatic amines is 1. The maximum absolute atomic E-state index is 13.6. The monoisotopic (exact) mass is 534 g/mol. The van der Waals surface area contributed by atoms with E-state index in [0.29, 0.717) is 29.9 Å². The molecule has 0 saturated carbocycles. The van der Waals surface area contributed by atoms with Crippen LogP contribution in [0, 0.1) is 5.41 Å². The van der Waals surface area contributed by atoms with Crippen molar-refractivity contribution >= 4 is 35.3 Å². The van der Waals surface area contributed by atoms with Gasteiger partial charge in [-0.15, -0.1) is 0 Å². The predicted molar refractivity (Wildman–Crippen MR) is 153 cm³/mol. The summed E-state index contributed by atoms with van der Waals surface area (Å²) in [4.78, 5) is 35.9. The number of hydrogen-bond donors (Lipinski definition) is 3. The van der Waals surface area contributed by atoms with Crippen molar-refractivity contribution in [2.75, 3.05) is 20.2 Å². The number of amides is 2. The highest BCUT2D eigenvalue weighted by Crippen LogP contribution is 2.34. The van der Waals surface area contributed by atoms with Gasteiger partial charge >= 0.3 is 6.09 Å². The fourth-order valence-corrected chi connectivity index (χ4v) is 5.01. The molecule has 39 heavy (non-hydrogen) atoms. The number of hydrogen-bond acceptors (Lipinski definition) is 6. The van der Waals surface area contributed by atoms with E-state index in [0.717, 1.165) is 47.6 Å². The molecule has 10 heteroatoms. The second-order valence-corrected chi connectivity index (χ2v) is 10.8. The van der Waals surface area contributed by atoms with Gasteiger partial charge in [0.05, 0.1) is 12.6 Å². The second-order valence-electron chi connectivity index (χ2n) is 10.8. The topological polar surface area (TPSA) is 125 Å². The third-order valence-electron chi connectivity index (χ3n) is 6.72. The highest BCUT2D eigenvalue weighted by atomic mass is 16.6. The number of aromatic nitrogens is 3. The molecule has 10 nitrogen and oxygen atoms in total. The number of H-pyrrole nitrogens is 1. The minimum Gasteiger partial charge on any atom is -0.494 e. The van der Waals surface area contributed by atoms with E-state index in [9.17, 15) is 9.59 Å². The Kier molecular flexibility index (Phi) is 8.13. The molecular formula is C29H38N6O4. The van der Waals surface area contributed by atoms with Gasteiger partial charge in [-0.25, -0.2) is 9.78 Å². The van der Waals surface area contributed by atoms with Crippen LogP contribution in [0.15, 0.2) is 24.3 Å². The van der Waals surface area contributed by atoms with Gasteiger partial charge in [0, 0.05) is 54.9 Å². The molecule has 0 radical (unpaired) electrons. The van der Waals surface area contributed by atoms with Crippen LogP contribution in [-0.4, -0.2) is 69.5 Å². The molecular weight excluding hydrogens is 496 g/mol. The van der Waals surface area contributed by atoms with Gasteiger partial charge in [0.2, 0.25) is 0 Å². The van der Waals surface area contributed by atoms with Crippen molar-refractivity contribution in [1.82, 2.24) is 24.8 Å². The lowest BCUT2D eigenvalue weighted by atomic mass is 10.0. The van der Waals surface area contributed by atoms with E-state index >= 15 is 0 Å². The molecule has 1 saturated heterocycles. The summed E-state index contributed by atoms with van der Waals surface area (Å²) in [6.07, 6.45) is 6.62. The number of nitrogens with one attached hydrogen (secondary N) is 3. The number of piperidine rings is 1. The van der Waals surface area contributed by atoms with Gasteiger partial charge in [-0.1, -0.05) is 6.92 Å². The SMILES string of the molecule is CCc1[nH]c(/C=C\C=N)cc1-c1nc2cc(C(=O)N3CCC[C@@H](NC(=O)OC(C)(C)C)C3)cc(OC)c2n1C. The highest BCUT2D eigenvalue weighted by Gasteiger charge is 2.28. The standard InChI is InChI=1S/C29H38N6O4/c1-7-22-21(16-19(31-22)10-8-12-30)26-33-23-14-18(15-24(38-6)25(23)34(26)5)27(36)35-13-9-11-20(17-35)32-28(37)39-29(2,3)4/h8,10,12,14-16,20,30-31H,7,9,11,13,17H2,1-6H3,(H,32,37)/b10-8-,30-12?/t20-/m1/s1. The molecule has 2 amide bonds. The van der Waals surface area contributed by atoms with E-state index in [4.69, 9.17) is 19.9 Å². The number of likely N-dealkylation sites (tertiary alicyclic amines) is 1. The van der Waals surface area contributed by atoms with Gasteiger partial charge in [0.25, 0.3) is 5.91 Å². The molecule has 1 fully saturated rings. The first-order chi connectivity index (χ1) is 18.5. The number of carbonyl (C=O) groups is 2. The third-order valence-corrected chi connectivity index (χ3v) is 6.72. The number of benzene rings is 1. The van der Waals surface area contributed by atoms with Crippen LogP contribution in [0.2, 0.25) is 0 Å². The van der Waals surface area contributed by atoms with E-state index in [2.05, 4.69) is 17.2 Å². The van der Waals surface area contributed by atoms with E-state index in [1.165, 1.54) is 6.21 Å². The summed E-state index contributed by atoms with van der Waals surface area (Å²) in [5.41, 5.74) is 4.25. The summed E-state index contributed by atoms with van der Waals surface area (Å²) in [6.45, 7) is 8.55. The van der Waals surface area contributed by atoms with Crippen molar-refractivity contribution in [3.05, 3.63) is 41.2 Å². The number of alkyl carbamates (subject to hydrolysis) is 1. The molecule has 3 heterocycles. The number of imidazole rings is 1. The molecule has 3 aromatic rings. The van der Waals surface area contributed by atoms with Gasteiger partial charge in [-0.2, -0.15) is 0 Å². The number of fused-ring (bicyclic) bond motifs is 1. The minimum absolute atomic E-state index is 0.131. The van der Waals surface area contributed by atoms with Crippen LogP contribution >= 0.6 is 0 Å². The predicted octanol–water partition coefficient (Wildman–Crippen LogP) is 4.93. The van der Waals surface area contributed by atoms with Gasteiger partial charge in [0.1, 0.15) is 22.7 Å². The van der Waals surface area contributed by atoms with Gasteiger partial charge in [0.15, 0.2) is 0 Å². The Morgan fingerprint density at radius 1 is 1.28 bits per heavy atom. The summed E-state index contributed by atoms with van der Waals surface area (Å²) in [5.74, 6) is 1.19. The van der Waals surface area contributed by atoms with E-state index in [1.807, 2.05) is 50.6 Å². The Labute approximate surface area is 228 Å². The Morgan fingerprint density at radius 3 is 2.72 bits per heavy atom. The zero-order valence-electron chi connectivity index (χ0n) is 23.6. The van der Waals surface area contributed by atoms with Crippen LogP contribution in [0.25, 0.3) is 28.5 Å². The number of nitrogens with zero attached hydrogens (tertiary/aromatic N) is 3. The molecule has 1 aliphatic rings. The molecule has 208 valence electrons. The fourth-order valence-electron chi connectivity index (χ4n) is 5.01. The van der Waals surface area contributed by atoms with Crippen molar-refractivity contribution in [3.63, 3.8) is 0 Å². The molecule has 0 aliphatic carbocycles. The van der Waals surface area contributed by atoms with Gasteiger partial charge < -0.3 is 34.7 Å². The summed E-state index contributed by atoms with van der Waals surface area (Å²) < 4.78 is 13.1. The second kappa shape index (κ2) is 11.3. The first-order valence-electron chi connectivity index (χ1n) is 13.3. The first-order valence-corrected chi connectivity index (χ1v) is 13.3. The van der Waals surface area contributed by atoms with Crippen molar-refractivity contribution in [2.45, 2.75) is 58.6 Å². The number of ether oxygens (including phenoxy) is 2. The lowest BCUT2D eigenvalue weighted by Gasteiger charge is -2.33. The quantitative estimate of drug-likeness (QED) is 0.371. The Balaban J connectivity index is 1.63. The van der Waals surface area contributed by atoms with Crippen LogP contribution in [-0.2, 0) is 18.2 Å². The summed E-state index contributed by atoms with van der Waals surface area (Å²) in [7, 11) is 3.52. The lowest BCUT2D eigenvalue weighted by Crippen LogP contribution is -2.50. The smallest absolute Gasteiger partial charge is 0.407 e. The molecule has 2 aromatic heterocycles. The zero-order valence-corrected chi connectivity index (χ0v) is 23.6. The average molecular weight is 535 g/mol.